The SMILES string of the molecule is COc1ccc(OC)c(S(=O)(=O)NCC(=O)Nc2ccc(Cl)cc2C)c1. The van der Waals surface area contributed by atoms with Gasteiger partial charge in [-0.1, -0.05) is 11.6 Å². The van der Waals surface area contributed by atoms with Crippen LogP contribution in [0.15, 0.2) is 41.3 Å². The van der Waals surface area contributed by atoms with Crippen molar-refractivity contribution in [3.8, 4) is 11.5 Å². The number of rotatable bonds is 7. The van der Waals surface area contributed by atoms with Gasteiger partial charge in [-0.25, -0.2) is 13.1 Å². The molecule has 9 heteroatoms. The zero-order chi connectivity index (χ0) is 19.3. The number of sulfonamides is 1. The molecule has 2 rings (SSSR count). The molecule has 0 fully saturated rings. The summed E-state index contributed by atoms with van der Waals surface area (Å²) in [6, 6.07) is 9.36. The van der Waals surface area contributed by atoms with Crippen LogP contribution in [0.25, 0.3) is 0 Å². The Morgan fingerprint density at radius 2 is 1.85 bits per heavy atom. The molecule has 0 aliphatic carbocycles. The zero-order valence-corrected chi connectivity index (χ0v) is 16.1. The molecule has 0 bridgehead atoms. The van der Waals surface area contributed by atoms with Gasteiger partial charge in [0, 0.05) is 16.8 Å². The Hall–Kier alpha value is -2.29. The van der Waals surface area contributed by atoms with Gasteiger partial charge in [0.15, 0.2) is 0 Å². The van der Waals surface area contributed by atoms with E-state index in [0.717, 1.165) is 5.56 Å². The lowest BCUT2D eigenvalue weighted by Gasteiger charge is -2.13. The highest BCUT2D eigenvalue weighted by Crippen LogP contribution is 2.28. The molecular formula is C17H19ClN2O5S. The van der Waals surface area contributed by atoms with Crippen molar-refractivity contribution >= 4 is 33.2 Å². The van der Waals surface area contributed by atoms with Crippen molar-refractivity contribution in [1.29, 1.82) is 0 Å². The lowest BCUT2D eigenvalue weighted by Crippen LogP contribution is -2.33. The van der Waals surface area contributed by atoms with Crippen molar-refractivity contribution in [3.05, 3.63) is 47.0 Å². The third kappa shape index (κ3) is 4.87. The second kappa shape index (κ2) is 8.39. The minimum absolute atomic E-state index is 0.116. The number of benzene rings is 2. The molecule has 0 spiro atoms. The van der Waals surface area contributed by atoms with E-state index in [-0.39, 0.29) is 10.6 Å². The highest BCUT2D eigenvalue weighted by Gasteiger charge is 2.21. The molecule has 1 amide bonds. The predicted molar refractivity (Wildman–Crippen MR) is 99.6 cm³/mol. The number of carbonyl (C=O) groups excluding carboxylic acids is 1. The Morgan fingerprint density at radius 3 is 2.46 bits per heavy atom. The quantitative estimate of drug-likeness (QED) is 0.747. The lowest BCUT2D eigenvalue weighted by atomic mass is 10.2. The fraction of sp³-hybridized carbons (Fsp3) is 0.235. The van der Waals surface area contributed by atoms with E-state index in [0.29, 0.717) is 16.5 Å². The Bertz CT molecular complexity index is 915. The summed E-state index contributed by atoms with van der Waals surface area (Å²) in [5.41, 5.74) is 1.32. The summed E-state index contributed by atoms with van der Waals surface area (Å²) in [6.45, 7) is 1.34. The molecule has 0 unspecified atom stereocenters. The number of hydrogen-bond donors (Lipinski definition) is 2. The van der Waals surface area contributed by atoms with Gasteiger partial charge in [0.25, 0.3) is 0 Å². The summed E-state index contributed by atoms with van der Waals surface area (Å²) in [6.07, 6.45) is 0. The van der Waals surface area contributed by atoms with Crippen molar-refractivity contribution < 1.29 is 22.7 Å². The standard InChI is InChI=1S/C17H19ClN2O5S/c1-11-8-12(18)4-6-14(11)20-17(21)10-19-26(22,23)16-9-13(24-2)5-7-15(16)25-3/h4-9,19H,10H2,1-3H3,(H,20,21). The molecule has 7 nitrogen and oxygen atoms in total. The van der Waals surface area contributed by atoms with Crippen LogP contribution in [0.4, 0.5) is 5.69 Å². The van der Waals surface area contributed by atoms with Crippen LogP contribution in [0.3, 0.4) is 0 Å². The molecule has 0 atom stereocenters. The predicted octanol–water partition coefficient (Wildman–Crippen LogP) is 2.58. The van der Waals surface area contributed by atoms with Crippen LogP contribution in [0.2, 0.25) is 5.02 Å². The average molecular weight is 399 g/mol. The van der Waals surface area contributed by atoms with Gasteiger partial charge >= 0.3 is 0 Å². The zero-order valence-electron chi connectivity index (χ0n) is 14.5. The summed E-state index contributed by atoms with van der Waals surface area (Å²) in [5, 5.41) is 3.18. The van der Waals surface area contributed by atoms with Crippen LogP contribution in [-0.2, 0) is 14.8 Å². The number of carbonyl (C=O) groups is 1. The minimum atomic E-state index is -3.98. The van der Waals surface area contributed by atoms with E-state index in [9.17, 15) is 13.2 Å². The largest absolute Gasteiger partial charge is 0.497 e. The number of halogens is 1. The lowest BCUT2D eigenvalue weighted by molar-refractivity contribution is -0.115. The minimum Gasteiger partial charge on any atom is -0.497 e. The van der Waals surface area contributed by atoms with E-state index in [1.807, 2.05) is 0 Å². The van der Waals surface area contributed by atoms with Crippen LogP contribution in [-0.4, -0.2) is 35.1 Å². The number of anilines is 1. The van der Waals surface area contributed by atoms with Crippen molar-refractivity contribution in [2.45, 2.75) is 11.8 Å². The molecule has 0 aliphatic rings. The van der Waals surface area contributed by atoms with Crippen molar-refractivity contribution in [3.63, 3.8) is 0 Å². The van der Waals surface area contributed by atoms with Crippen molar-refractivity contribution in [2.75, 3.05) is 26.1 Å². The number of amides is 1. The van der Waals surface area contributed by atoms with Crippen LogP contribution in [0.1, 0.15) is 5.56 Å². The van der Waals surface area contributed by atoms with E-state index in [2.05, 4.69) is 10.0 Å². The van der Waals surface area contributed by atoms with Gasteiger partial charge in [-0.15, -0.1) is 0 Å². The summed E-state index contributed by atoms with van der Waals surface area (Å²) >= 11 is 5.87. The fourth-order valence-corrected chi connectivity index (χ4v) is 3.58. The molecule has 140 valence electrons. The molecule has 2 aromatic carbocycles. The van der Waals surface area contributed by atoms with Crippen LogP contribution < -0.4 is 19.5 Å². The Morgan fingerprint density at radius 1 is 1.12 bits per heavy atom. The first-order valence-corrected chi connectivity index (χ1v) is 9.40. The maximum atomic E-state index is 12.5. The van der Waals surface area contributed by atoms with Gasteiger partial charge in [0.2, 0.25) is 15.9 Å². The molecule has 0 saturated heterocycles. The molecular weight excluding hydrogens is 380 g/mol. The van der Waals surface area contributed by atoms with Gasteiger partial charge in [0.1, 0.15) is 16.4 Å². The molecule has 2 aromatic rings. The molecule has 2 N–H and O–H groups in total. The Balaban J connectivity index is 2.11. The molecule has 0 radical (unpaired) electrons. The summed E-state index contributed by atoms with van der Waals surface area (Å²) in [5.74, 6) is -0.0134. The first-order valence-electron chi connectivity index (χ1n) is 7.54. The number of hydrogen-bond acceptors (Lipinski definition) is 5. The van der Waals surface area contributed by atoms with Gasteiger partial charge < -0.3 is 14.8 Å². The highest BCUT2D eigenvalue weighted by molar-refractivity contribution is 7.89. The maximum absolute atomic E-state index is 12.5. The van der Waals surface area contributed by atoms with E-state index < -0.39 is 22.5 Å². The topological polar surface area (TPSA) is 93.7 Å². The van der Waals surface area contributed by atoms with Crippen LogP contribution >= 0.6 is 11.6 Å². The monoisotopic (exact) mass is 398 g/mol. The van der Waals surface area contributed by atoms with Crippen LogP contribution in [0, 0.1) is 6.92 Å². The first kappa shape index (κ1) is 20.0. The normalized spacial score (nSPS) is 11.1. The van der Waals surface area contributed by atoms with Crippen molar-refractivity contribution in [2.24, 2.45) is 0 Å². The van der Waals surface area contributed by atoms with E-state index >= 15 is 0 Å². The molecule has 0 saturated carbocycles. The molecule has 26 heavy (non-hydrogen) atoms. The summed E-state index contributed by atoms with van der Waals surface area (Å²) < 4.78 is 37.4. The smallest absolute Gasteiger partial charge is 0.244 e. The second-order valence-corrected chi connectivity index (χ2v) is 7.52. The first-order chi connectivity index (χ1) is 12.3. The van der Waals surface area contributed by atoms with E-state index in [1.54, 1.807) is 31.2 Å². The van der Waals surface area contributed by atoms with Crippen molar-refractivity contribution in [1.82, 2.24) is 4.72 Å². The summed E-state index contributed by atoms with van der Waals surface area (Å²) in [7, 11) is -1.19. The van der Waals surface area contributed by atoms with E-state index in [1.165, 1.54) is 26.4 Å². The van der Waals surface area contributed by atoms with Crippen LogP contribution in [0.5, 0.6) is 11.5 Å². The number of methoxy groups -OCH3 is 2. The van der Waals surface area contributed by atoms with Gasteiger partial charge in [0.05, 0.1) is 20.8 Å². The third-order valence-corrected chi connectivity index (χ3v) is 5.20. The molecule has 0 aromatic heterocycles. The van der Waals surface area contributed by atoms with E-state index in [4.69, 9.17) is 21.1 Å². The third-order valence-electron chi connectivity index (χ3n) is 3.55. The Kier molecular flexibility index (Phi) is 6.47. The highest BCUT2D eigenvalue weighted by atomic mass is 35.5. The second-order valence-electron chi connectivity index (χ2n) is 5.35. The molecule has 0 aliphatic heterocycles. The molecule has 0 heterocycles. The van der Waals surface area contributed by atoms with Gasteiger partial charge in [-0.2, -0.15) is 0 Å². The average Bonchev–Trinajstić information content (AvgIpc) is 2.62. The number of aryl methyl sites for hydroxylation is 1. The summed E-state index contributed by atoms with van der Waals surface area (Å²) in [4.78, 5) is 12.0. The Labute approximate surface area is 157 Å². The fourth-order valence-electron chi connectivity index (χ4n) is 2.19. The van der Waals surface area contributed by atoms with Gasteiger partial charge in [-0.3, -0.25) is 4.79 Å². The maximum Gasteiger partial charge on any atom is 0.244 e. The number of ether oxygens (including phenoxy) is 2. The number of nitrogens with one attached hydrogen (secondary N) is 2. The van der Waals surface area contributed by atoms with Gasteiger partial charge in [-0.05, 0) is 42.8 Å².